The second-order valence-electron chi connectivity index (χ2n) is 0.770. The largest absolute Gasteiger partial charge is 0.405 e. The van der Waals surface area contributed by atoms with E-state index in [0.29, 0.717) is 0 Å². The third-order valence-electron chi connectivity index (χ3n) is 0.333. The van der Waals surface area contributed by atoms with Crippen LogP contribution in [0.25, 0.3) is 0 Å². The Labute approximate surface area is 38.9 Å². The van der Waals surface area contributed by atoms with Crippen LogP contribution in [0.15, 0.2) is 24.3 Å². The molecule has 2 radical (unpaired) electrons. The first-order chi connectivity index (χ1) is 2.91. The van der Waals surface area contributed by atoms with Crippen molar-refractivity contribution in [1.82, 2.24) is 0 Å². The second kappa shape index (κ2) is 4.34. The van der Waals surface area contributed by atoms with Gasteiger partial charge in [0.05, 0.1) is 0 Å². The quantitative estimate of drug-likeness (QED) is 0.351. The van der Waals surface area contributed by atoms with Gasteiger partial charge in [-0.3, -0.25) is 0 Å². The topological polar surface area (TPSA) is 26.0 Å². The molecule has 2 N–H and O–H groups in total. The van der Waals surface area contributed by atoms with E-state index in [1.165, 1.54) is 12.2 Å². The van der Waals surface area contributed by atoms with Crippen molar-refractivity contribution in [2.45, 2.75) is 0 Å². The normalized spacial score (nSPS) is 11.3. The summed E-state index contributed by atoms with van der Waals surface area (Å²) >= 11 is 0. The summed E-state index contributed by atoms with van der Waals surface area (Å²) in [6.07, 6.45) is 4.73. The first kappa shape index (κ1) is 5.34. The van der Waals surface area contributed by atoms with E-state index >= 15 is 0 Å². The predicted molar refractivity (Wildman–Crippen MR) is 28.2 cm³/mol. The Morgan fingerprint density at radius 2 is 2.00 bits per heavy atom. The van der Waals surface area contributed by atoms with Crippen molar-refractivity contribution in [2.24, 2.45) is 5.73 Å². The fourth-order valence-corrected chi connectivity index (χ4v) is 0.128. The molecule has 0 aliphatic heterocycles. The number of nitrogens with two attached hydrogens (primary N) is 1. The zero-order valence-electron chi connectivity index (χ0n) is 3.46. The van der Waals surface area contributed by atoms with Crippen molar-refractivity contribution >= 4 is 7.85 Å². The van der Waals surface area contributed by atoms with Gasteiger partial charge in [-0.25, -0.2) is 0 Å². The molecule has 30 valence electrons. The van der Waals surface area contributed by atoms with Gasteiger partial charge in [0, 0.05) is 0 Å². The minimum absolute atomic E-state index is 1.42. The van der Waals surface area contributed by atoms with Crippen molar-refractivity contribution in [3.63, 3.8) is 0 Å². The Bertz CT molecular complexity index is 55.9. The van der Waals surface area contributed by atoms with Gasteiger partial charge in [0.1, 0.15) is 7.85 Å². The lowest BCUT2D eigenvalue weighted by molar-refractivity contribution is 1.60. The van der Waals surface area contributed by atoms with Gasteiger partial charge in [0.15, 0.2) is 0 Å². The first-order valence-electron chi connectivity index (χ1n) is 1.67. The molecule has 0 aliphatic rings. The summed E-state index contributed by atoms with van der Waals surface area (Å²) in [5.41, 5.74) is 4.93. The monoisotopic (exact) mass is 79.1 g/mol. The fourth-order valence-electron chi connectivity index (χ4n) is 0.128. The zero-order chi connectivity index (χ0) is 4.83. The molecule has 0 saturated carbocycles. The van der Waals surface area contributed by atoms with Crippen LogP contribution in [0.5, 0.6) is 0 Å². The van der Waals surface area contributed by atoms with Gasteiger partial charge in [-0.15, -0.1) is 5.98 Å². The van der Waals surface area contributed by atoms with Crippen LogP contribution in [0, 0.1) is 0 Å². The summed E-state index contributed by atoms with van der Waals surface area (Å²) in [6, 6.07) is 0. The van der Waals surface area contributed by atoms with Crippen LogP contribution in [0.3, 0.4) is 0 Å². The van der Waals surface area contributed by atoms with E-state index in [-0.39, 0.29) is 0 Å². The van der Waals surface area contributed by atoms with Crippen molar-refractivity contribution in [1.29, 1.82) is 0 Å². The Hall–Kier alpha value is -0.655. The van der Waals surface area contributed by atoms with E-state index in [0.717, 1.165) is 0 Å². The maximum atomic E-state index is 4.93. The van der Waals surface area contributed by atoms with E-state index in [1.54, 1.807) is 12.2 Å². The van der Waals surface area contributed by atoms with Gasteiger partial charge in [0.2, 0.25) is 0 Å². The van der Waals surface area contributed by atoms with Crippen LogP contribution in [0.2, 0.25) is 0 Å². The van der Waals surface area contributed by atoms with E-state index in [9.17, 15) is 0 Å². The maximum Gasteiger partial charge on any atom is 0.102 e. The van der Waals surface area contributed by atoms with Crippen LogP contribution in [-0.2, 0) is 0 Å². The third kappa shape index (κ3) is 3.34. The highest BCUT2D eigenvalue weighted by atomic mass is 14.5. The highest BCUT2D eigenvalue weighted by molar-refractivity contribution is 6.17. The first-order valence-corrected chi connectivity index (χ1v) is 1.67. The summed E-state index contributed by atoms with van der Waals surface area (Å²) in [6.45, 7) is 0. The van der Waals surface area contributed by atoms with E-state index < -0.39 is 0 Å². The summed E-state index contributed by atoms with van der Waals surface area (Å²) in [4.78, 5) is 0. The molecule has 0 unspecified atom stereocenters. The smallest absolute Gasteiger partial charge is 0.102 e. The summed E-state index contributed by atoms with van der Waals surface area (Å²) < 4.78 is 0. The summed E-state index contributed by atoms with van der Waals surface area (Å²) in [7, 11) is 4.93. The molecule has 0 spiro atoms. The van der Waals surface area contributed by atoms with Crippen molar-refractivity contribution in [3.05, 3.63) is 24.3 Å². The molecule has 0 aromatic rings. The molecular formula is C4H6BN. The predicted octanol–water partition coefficient (Wildman–Crippen LogP) is 0.141. The molecule has 1 nitrogen and oxygen atoms in total. The van der Waals surface area contributed by atoms with Crippen LogP contribution in [-0.4, -0.2) is 7.85 Å². The average Bonchev–Trinajstić information content (AvgIpc) is 1.61. The molecule has 0 aromatic heterocycles. The number of hydrogen-bond donors (Lipinski definition) is 1. The van der Waals surface area contributed by atoms with E-state index in [4.69, 9.17) is 13.6 Å². The van der Waals surface area contributed by atoms with Gasteiger partial charge in [-0.05, 0) is 12.3 Å². The Balaban J connectivity index is 3.07. The minimum Gasteiger partial charge on any atom is -0.405 e. The molecule has 0 fully saturated rings. The Morgan fingerprint density at radius 3 is 2.17 bits per heavy atom. The second-order valence-corrected chi connectivity index (χ2v) is 0.770. The molecule has 2 heteroatoms. The Morgan fingerprint density at radius 1 is 1.33 bits per heavy atom. The van der Waals surface area contributed by atoms with Crippen LogP contribution >= 0.6 is 0 Å². The van der Waals surface area contributed by atoms with E-state index in [1.807, 2.05) is 0 Å². The molecule has 0 bridgehead atoms. The molecule has 0 amide bonds. The van der Waals surface area contributed by atoms with Crippen LogP contribution in [0.4, 0.5) is 0 Å². The highest BCUT2D eigenvalue weighted by Crippen LogP contribution is 1.64. The number of allylic oxidation sites excluding steroid dienone is 2. The van der Waals surface area contributed by atoms with Crippen LogP contribution < -0.4 is 5.73 Å². The summed E-state index contributed by atoms with van der Waals surface area (Å²) in [5, 5.41) is 0. The molecule has 0 heterocycles. The van der Waals surface area contributed by atoms with Gasteiger partial charge in [-0.1, -0.05) is 6.08 Å². The van der Waals surface area contributed by atoms with Gasteiger partial charge in [0.25, 0.3) is 0 Å². The highest BCUT2D eigenvalue weighted by Gasteiger charge is 1.48. The van der Waals surface area contributed by atoms with Crippen molar-refractivity contribution in [3.8, 4) is 0 Å². The molecule has 0 aliphatic carbocycles. The average molecular weight is 78.9 g/mol. The van der Waals surface area contributed by atoms with Crippen LogP contribution in [0.1, 0.15) is 0 Å². The van der Waals surface area contributed by atoms with Crippen molar-refractivity contribution in [2.75, 3.05) is 0 Å². The summed E-state index contributed by atoms with van der Waals surface area (Å²) in [5.74, 6) is 1.42. The third-order valence-corrected chi connectivity index (χ3v) is 0.333. The molecule has 0 aromatic carbocycles. The number of hydrogen-bond acceptors (Lipinski definition) is 1. The lowest BCUT2D eigenvalue weighted by Gasteiger charge is -1.64. The lowest BCUT2D eigenvalue weighted by atomic mass is 10.1. The maximum absolute atomic E-state index is 4.93. The van der Waals surface area contributed by atoms with Crippen molar-refractivity contribution < 1.29 is 0 Å². The van der Waals surface area contributed by atoms with Gasteiger partial charge < -0.3 is 5.73 Å². The molecular weight excluding hydrogens is 72.9 g/mol. The number of rotatable bonds is 1. The molecule has 0 atom stereocenters. The zero-order valence-corrected chi connectivity index (χ0v) is 3.46. The Kier molecular flexibility index (Phi) is 3.87. The molecule has 0 rings (SSSR count). The van der Waals surface area contributed by atoms with Gasteiger partial charge in [-0.2, -0.15) is 0 Å². The standard InChI is InChI=1S/C4H6BN/c5-3-1-2-4-6/h1-4H,6H2. The molecule has 0 saturated heterocycles. The SMILES string of the molecule is [B]C=CC=CN. The lowest BCUT2D eigenvalue weighted by Crippen LogP contribution is -1.71. The van der Waals surface area contributed by atoms with Gasteiger partial charge >= 0.3 is 0 Å². The van der Waals surface area contributed by atoms with E-state index in [2.05, 4.69) is 0 Å². The minimum atomic E-state index is 1.42. The fraction of sp³-hybridized carbons (Fsp3) is 0. The molecule has 6 heavy (non-hydrogen) atoms.